The summed E-state index contributed by atoms with van der Waals surface area (Å²) in [6.07, 6.45) is 5.32. The predicted molar refractivity (Wildman–Crippen MR) is 190 cm³/mol. The summed E-state index contributed by atoms with van der Waals surface area (Å²) in [5.41, 5.74) is 5.56. The molecule has 3 aromatic rings. The smallest absolute Gasteiger partial charge is 0.138 e. The van der Waals surface area contributed by atoms with Gasteiger partial charge in [0.05, 0.1) is 41.1 Å². The Morgan fingerprint density at radius 2 is 1.68 bits per heavy atom. The third-order valence-electron chi connectivity index (χ3n) is 10.0. The number of piperidine rings is 2. The summed E-state index contributed by atoms with van der Waals surface area (Å²) in [4.78, 5) is 4.68. The Labute approximate surface area is 289 Å². The standard InChI is InChI=1S/C38H48Cl2FN3O3/c1-3-46-36-24-34(32(39)23-26(36)25-44-18-13-27(45)14-19-44)42-33-12-11-29-28(7-4-8-30(29)33)31-9-5-10-35(37(31)40)47-22-6-17-43-20-15-38(2,41)16-21-43/h4-5,7-10,23-24,27,33,42,45H,3,6,11-22,25H2,1-2H3. The minimum atomic E-state index is -1.03. The highest BCUT2D eigenvalue weighted by Gasteiger charge is 2.30. The van der Waals surface area contributed by atoms with Gasteiger partial charge in [-0.25, -0.2) is 4.39 Å². The van der Waals surface area contributed by atoms with E-state index in [9.17, 15) is 9.50 Å². The molecule has 2 aliphatic heterocycles. The first kappa shape index (κ1) is 34.3. The van der Waals surface area contributed by atoms with Crippen LogP contribution in [0.25, 0.3) is 11.1 Å². The fourth-order valence-corrected chi connectivity index (χ4v) is 7.75. The first-order valence-electron chi connectivity index (χ1n) is 17.3. The first-order valence-corrected chi connectivity index (χ1v) is 18.0. The van der Waals surface area contributed by atoms with E-state index < -0.39 is 5.67 Å². The number of alkyl halides is 1. The number of rotatable bonds is 12. The van der Waals surface area contributed by atoms with Crippen LogP contribution in [0.5, 0.6) is 11.5 Å². The zero-order valence-corrected chi connectivity index (χ0v) is 29.2. The number of hydrogen-bond acceptors (Lipinski definition) is 6. The molecule has 2 saturated heterocycles. The maximum absolute atomic E-state index is 14.1. The summed E-state index contributed by atoms with van der Waals surface area (Å²) >= 11 is 13.9. The number of likely N-dealkylation sites (tertiary alicyclic amines) is 2. The normalized spacial score (nSPS) is 20.3. The van der Waals surface area contributed by atoms with Crippen molar-refractivity contribution in [1.82, 2.24) is 9.80 Å². The Morgan fingerprint density at radius 1 is 0.936 bits per heavy atom. The molecular weight excluding hydrogens is 636 g/mol. The van der Waals surface area contributed by atoms with E-state index in [-0.39, 0.29) is 12.1 Å². The Hall–Kier alpha value is -2.55. The summed E-state index contributed by atoms with van der Waals surface area (Å²) in [6.45, 7) is 9.83. The lowest BCUT2D eigenvalue weighted by atomic mass is 9.96. The van der Waals surface area contributed by atoms with Gasteiger partial charge in [0.25, 0.3) is 0 Å². The van der Waals surface area contributed by atoms with E-state index in [4.69, 9.17) is 32.7 Å². The molecule has 0 bridgehead atoms. The molecule has 6 nitrogen and oxygen atoms in total. The van der Waals surface area contributed by atoms with Gasteiger partial charge in [0.15, 0.2) is 0 Å². The lowest BCUT2D eigenvalue weighted by Crippen LogP contribution is -2.40. The van der Waals surface area contributed by atoms with Crippen LogP contribution in [0.3, 0.4) is 0 Å². The van der Waals surface area contributed by atoms with Gasteiger partial charge in [-0.05, 0) is 87.6 Å². The lowest BCUT2D eigenvalue weighted by Gasteiger charge is -2.34. The fraction of sp³-hybridized carbons (Fsp3) is 0.526. The minimum absolute atomic E-state index is 0.106. The second kappa shape index (κ2) is 15.3. The molecule has 0 amide bonds. The number of aliphatic hydroxyl groups excluding tert-OH is 1. The average Bonchev–Trinajstić information content (AvgIpc) is 3.47. The van der Waals surface area contributed by atoms with Crippen molar-refractivity contribution in [2.24, 2.45) is 0 Å². The largest absolute Gasteiger partial charge is 0.493 e. The van der Waals surface area contributed by atoms with Gasteiger partial charge in [-0.2, -0.15) is 0 Å². The minimum Gasteiger partial charge on any atom is -0.493 e. The summed E-state index contributed by atoms with van der Waals surface area (Å²) in [5.74, 6) is 1.54. The predicted octanol–water partition coefficient (Wildman–Crippen LogP) is 8.71. The van der Waals surface area contributed by atoms with E-state index in [1.807, 2.05) is 31.2 Å². The molecule has 0 saturated carbocycles. The summed E-state index contributed by atoms with van der Waals surface area (Å²) in [5, 5.41) is 15.0. The molecule has 3 aromatic carbocycles. The molecule has 47 heavy (non-hydrogen) atoms. The van der Waals surface area contributed by atoms with Crippen LogP contribution >= 0.6 is 23.2 Å². The molecule has 2 fully saturated rings. The number of benzene rings is 3. The Kier molecular flexibility index (Phi) is 11.2. The van der Waals surface area contributed by atoms with E-state index >= 15 is 0 Å². The van der Waals surface area contributed by atoms with Crippen molar-refractivity contribution < 1.29 is 19.0 Å². The molecule has 9 heteroatoms. The Bertz CT molecular complexity index is 1520. The van der Waals surface area contributed by atoms with Gasteiger partial charge in [-0.15, -0.1) is 0 Å². The second-order valence-corrected chi connectivity index (χ2v) is 14.3. The first-order chi connectivity index (χ1) is 22.7. The van der Waals surface area contributed by atoms with Gasteiger partial charge in [-0.1, -0.05) is 53.5 Å². The third-order valence-corrected chi connectivity index (χ3v) is 10.7. The zero-order chi connectivity index (χ0) is 33.0. The third kappa shape index (κ3) is 8.37. The van der Waals surface area contributed by atoms with Crippen molar-refractivity contribution in [3.63, 3.8) is 0 Å². The number of anilines is 1. The van der Waals surface area contributed by atoms with E-state index in [2.05, 4.69) is 39.4 Å². The van der Waals surface area contributed by atoms with Gasteiger partial charge in [0.1, 0.15) is 17.2 Å². The van der Waals surface area contributed by atoms with Crippen LogP contribution in [0.4, 0.5) is 10.1 Å². The number of nitrogens with one attached hydrogen (secondary N) is 1. The van der Waals surface area contributed by atoms with Crippen LogP contribution in [0.15, 0.2) is 48.5 Å². The zero-order valence-electron chi connectivity index (χ0n) is 27.7. The van der Waals surface area contributed by atoms with E-state index in [1.165, 1.54) is 11.1 Å². The van der Waals surface area contributed by atoms with Crippen LogP contribution in [-0.2, 0) is 13.0 Å². The summed E-state index contributed by atoms with van der Waals surface area (Å²) in [7, 11) is 0. The Balaban J connectivity index is 1.13. The van der Waals surface area contributed by atoms with Crippen LogP contribution < -0.4 is 14.8 Å². The van der Waals surface area contributed by atoms with Crippen LogP contribution in [0.1, 0.15) is 75.1 Å². The van der Waals surface area contributed by atoms with Crippen LogP contribution in [0, 0.1) is 0 Å². The highest BCUT2D eigenvalue weighted by Crippen LogP contribution is 2.44. The van der Waals surface area contributed by atoms with Gasteiger partial charge in [0, 0.05) is 56.5 Å². The maximum Gasteiger partial charge on any atom is 0.138 e. The van der Waals surface area contributed by atoms with Gasteiger partial charge in [-0.3, -0.25) is 4.90 Å². The average molecular weight is 685 g/mol. The molecule has 2 N–H and O–H groups in total. The lowest BCUT2D eigenvalue weighted by molar-refractivity contribution is 0.0715. The topological polar surface area (TPSA) is 57.2 Å². The number of nitrogens with zero attached hydrogens (tertiary/aromatic N) is 2. The highest BCUT2D eigenvalue weighted by atomic mass is 35.5. The van der Waals surface area contributed by atoms with Crippen molar-refractivity contribution in [3.8, 4) is 22.6 Å². The molecule has 0 radical (unpaired) electrons. The van der Waals surface area contributed by atoms with Crippen LogP contribution in [-0.4, -0.2) is 72.6 Å². The number of aliphatic hydroxyl groups is 1. The molecule has 3 aliphatic rings. The molecule has 254 valence electrons. The van der Waals surface area contributed by atoms with Gasteiger partial charge in [0.2, 0.25) is 0 Å². The van der Waals surface area contributed by atoms with Crippen molar-refractivity contribution in [3.05, 3.63) is 75.3 Å². The second-order valence-electron chi connectivity index (χ2n) is 13.6. The fourth-order valence-electron chi connectivity index (χ4n) is 7.22. The van der Waals surface area contributed by atoms with Crippen molar-refractivity contribution >= 4 is 28.9 Å². The van der Waals surface area contributed by atoms with Crippen LogP contribution in [0.2, 0.25) is 10.0 Å². The van der Waals surface area contributed by atoms with E-state index in [0.717, 1.165) is 99.5 Å². The molecule has 2 heterocycles. The summed E-state index contributed by atoms with van der Waals surface area (Å²) < 4.78 is 26.4. The van der Waals surface area contributed by atoms with Crippen molar-refractivity contribution in [1.29, 1.82) is 0 Å². The number of hydrogen-bond donors (Lipinski definition) is 2. The number of fused-ring (bicyclic) bond motifs is 1. The SMILES string of the molecule is CCOc1cc(NC2CCc3c(-c4cccc(OCCCN5CCC(C)(F)CC5)c4Cl)cccc32)c(Cl)cc1CN1CCC(O)CC1. The molecule has 1 aliphatic carbocycles. The van der Waals surface area contributed by atoms with Gasteiger partial charge >= 0.3 is 0 Å². The van der Waals surface area contributed by atoms with Crippen molar-refractivity contribution in [2.75, 3.05) is 51.3 Å². The molecule has 0 spiro atoms. The molecule has 1 unspecified atom stereocenters. The number of halogens is 3. The highest BCUT2D eigenvalue weighted by molar-refractivity contribution is 6.35. The molecular formula is C38H48Cl2FN3O3. The maximum atomic E-state index is 14.1. The molecule has 6 rings (SSSR count). The van der Waals surface area contributed by atoms with Gasteiger partial charge < -0.3 is 24.8 Å². The van der Waals surface area contributed by atoms with Crippen molar-refractivity contribution in [2.45, 2.75) is 83.2 Å². The monoisotopic (exact) mass is 683 g/mol. The van der Waals surface area contributed by atoms with E-state index in [1.54, 1.807) is 6.92 Å². The quantitative estimate of drug-likeness (QED) is 0.186. The Morgan fingerprint density at radius 3 is 2.45 bits per heavy atom. The summed E-state index contributed by atoms with van der Waals surface area (Å²) in [6, 6.07) is 16.6. The van der Waals surface area contributed by atoms with E-state index in [0.29, 0.717) is 41.9 Å². The number of ether oxygens (including phenoxy) is 2. The molecule has 0 aromatic heterocycles. The molecule has 1 atom stereocenters.